The zero-order chi connectivity index (χ0) is 15.4. The van der Waals surface area contributed by atoms with Crippen LogP contribution in [-0.2, 0) is 4.79 Å². The Balaban J connectivity index is 0.00000192. The van der Waals surface area contributed by atoms with Crippen molar-refractivity contribution in [3.8, 4) is 0 Å². The zero-order valence-electron chi connectivity index (χ0n) is 13.5. The first-order valence-corrected chi connectivity index (χ1v) is 8.44. The molecular weight excluding hydrogens is 312 g/mol. The van der Waals surface area contributed by atoms with Gasteiger partial charge in [-0.2, -0.15) is 0 Å². The van der Waals surface area contributed by atoms with Gasteiger partial charge in [-0.25, -0.2) is 0 Å². The number of hydrogen-bond donors (Lipinski definition) is 2. The van der Waals surface area contributed by atoms with E-state index in [9.17, 15) is 4.79 Å². The molecule has 4 nitrogen and oxygen atoms in total. The molecule has 0 unspecified atom stereocenters. The number of amides is 1. The van der Waals surface area contributed by atoms with E-state index < -0.39 is 0 Å². The molecule has 2 fully saturated rings. The van der Waals surface area contributed by atoms with Crippen LogP contribution in [0.3, 0.4) is 0 Å². The first-order valence-electron chi connectivity index (χ1n) is 8.44. The lowest BCUT2D eigenvalue weighted by Gasteiger charge is -2.30. The van der Waals surface area contributed by atoms with Crippen molar-refractivity contribution in [2.45, 2.75) is 37.6 Å². The quantitative estimate of drug-likeness (QED) is 0.836. The van der Waals surface area contributed by atoms with E-state index in [0.29, 0.717) is 5.92 Å². The monoisotopic (exact) mass is 338 g/mol. The summed E-state index contributed by atoms with van der Waals surface area (Å²) in [6.45, 7) is 3.02. The van der Waals surface area contributed by atoms with Crippen molar-refractivity contribution in [3.63, 3.8) is 0 Å². The zero-order valence-corrected chi connectivity index (χ0v) is 14.3. The Kier molecular flexibility index (Phi) is 6.88. The molecule has 1 amide bonds. The second-order valence-corrected chi connectivity index (χ2v) is 6.68. The van der Waals surface area contributed by atoms with Gasteiger partial charge in [0.1, 0.15) is 0 Å². The van der Waals surface area contributed by atoms with Crippen LogP contribution in [0.2, 0.25) is 0 Å². The van der Waals surface area contributed by atoms with Crippen molar-refractivity contribution in [1.29, 1.82) is 0 Å². The second-order valence-electron chi connectivity index (χ2n) is 6.68. The molecule has 23 heavy (non-hydrogen) atoms. The Morgan fingerprint density at radius 1 is 1.22 bits per heavy atom. The Hall–Kier alpha value is -1.10. The smallest absolute Gasteiger partial charge is 0.222 e. The Bertz CT molecular complexity index is 493. The fourth-order valence-corrected chi connectivity index (χ4v) is 3.64. The van der Waals surface area contributed by atoms with Gasteiger partial charge in [-0.3, -0.25) is 4.79 Å². The summed E-state index contributed by atoms with van der Waals surface area (Å²) < 4.78 is 0. The number of aliphatic hydroxyl groups is 1. The molecule has 5 heteroatoms. The number of rotatable bonds is 6. The van der Waals surface area contributed by atoms with Gasteiger partial charge < -0.3 is 15.3 Å². The van der Waals surface area contributed by atoms with Gasteiger partial charge in [0.15, 0.2) is 0 Å². The molecule has 2 atom stereocenters. The van der Waals surface area contributed by atoms with Crippen LogP contribution in [0.4, 0.5) is 0 Å². The molecule has 128 valence electrons. The van der Waals surface area contributed by atoms with Crippen molar-refractivity contribution in [1.82, 2.24) is 10.2 Å². The number of carbonyl (C=O) groups excluding carboxylic acids is 1. The van der Waals surface area contributed by atoms with Gasteiger partial charge in [0.2, 0.25) is 5.91 Å². The lowest BCUT2D eigenvalue weighted by Crippen LogP contribution is -2.40. The van der Waals surface area contributed by atoms with Gasteiger partial charge in [0.25, 0.3) is 0 Å². The first-order chi connectivity index (χ1) is 10.8. The summed E-state index contributed by atoms with van der Waals surface area (Å²) in [4.78, 5) is 14.4. The topological polar surface area (TPSA) is 52.6 Å². The molecular formula is C18H27ClN2O2. The minimum Gasteiger partial charge on any atom is -0.396 e. The lowest BCUT2D eigenvalue weighted by atomic mass is 9.85. The number of nitrogens with zero attached hydrogens (tertiary/aromatic N) is 1. The Labute approximate surface area is 144 Å². The van der Waals surface area contributed by atoms with Crippen LogP contribution in [0.25, 0.3) is 0 Å². The molecule has 3 rings (SSSR count). The molecule has 1 aliphatic heterocycles. The molecule has 1 saturated heterocycles. The summed E-state index contributed by atoms with van der Waals surface area (Å²) in [5.74, 6) is 1.16. The number of carbonyl (C=O) groups is 1. The van der Waals surface area contributed by atoms with Crippen molar-refractivity contribution in [3.05, 3.63) is 35.9 Å². The molecule has 1 heterocycles. The normalized spacial score (nSPS) is 24.7. The van der Waals surface area contributed by atoms with E-state index in [0.717, 1.165) is 25.6 Å². The molecule has 0 bridgehead atoms. The van der Waals surface area contributed by atoms with Crippen LogP contribution in [0.15, 0.2) is 30.3 Å². The summed E-state index contributed by atoms with van der Waals surface area (Å²) in [6.07, 6.45) is 4.28. The van der Waals surface area contributed by atoms with Crippen molar-refractivity contribution >= 4 is 18.3 Å². The highest BCUT2D eigenvalue weighted by atomic mass is 35.5. The number of hydrogen-bond acceptors (Lipinski definition) is 3. The molecule has 1 saturated carbocycles. The van der Waals surface area contributed by atoms with E-state index in [4.69, 9.17) is 5.11 Å². The van der Waals surface area contributed by atoms with Gasteiger partial charge in [-0.05, 0) is 24.3 Å². The van der Waals surface area contributed by atoms with Crippen LogP contribution < -0.4 is 5.32 Å². The number of aliphatic hydroxyl groups excluding tert-OH is 1. The van der Waals surface area contributed by atoms with Crippen LogP contribution in [0.1, 0.15) is 37.2 Å². The van der Waals surface area contributed by atoms with E-state index in [1.54, 1.807) is 0 Å². The maximum atomic E-state index is 11.9. The van der Waals surface area contributed by atoms with Gasteiger partial charge in [-0.1, -0.05) is 36.8 Å². The summed E-state index contributed by atoms with van der Waals surface area (Å²) >= 11 is 0. The highest BCUT2D eigenvalue weighted by Crippen LogP contribution is 2.32. The maximum absolute atomic E-state index is 11.9. The van der Waals surface area contributed by atoms with Crippen LogP contribution in [-0.4, -0.2) is 48.2 Å². The predicted molar refractivity (Wildman–Crippen MR) is 93.8 cm³/mol. The molecule has 1 aromatic rings. The number of likely N-dealkylation sites (tertiary alicyclic amines) is 1. The lowest BCUT2D eigenvalue weighted by molar-refractivity contribution is -0.122. The third-order valence-corrected chi connectivity index (χ3v) is 5.05. The average Bonchev–Trinajstić information content (AvgIpc) is 2.87. The van der Waals surface area contributed by atoms with E-state index in [1.807, 2.05) is 6.07 Å². The third-order valence-electron chi connectivity index (χ3n) is 5.05. The van der Waals surface area contributed by atoms with E-state index in [1.165, 1.54) is 24.8 Å². The second kappa shape index (κ2) is 8.67. The Morgan fingerprint density at radius 2 is 1.96 bits per heavy atom. The van der Waals surface area contributed by atoms with Crippen molar-refractivity contribution < 1.29 is 9.90 Å². The summed E-state index contributed by atoms with van der Waals surface area (Å²) in [7, 11) is 0. The highest BCUT2D eigenvalue weighted by Gasteiger charge is 2.36. The molecule has 0 spiro atoms. The van der Waals surface area contributed by atoms with E-state index in [2.05, 4.69) is 34.5 Å². The summed E-state index contributed by atoms with van der Waals surface area (Å²) in [6, 6.07) is 10.6. The van der Waals surface area contributed by atoms with Crippen molar-refractivity contribution in [2.75, 3.05) is 26.2 Å². The van der Waals surface area contributed by atoms with Gasteiger partial charge >= 0.3 is 0 Å². The number of benzene rings is 1. The summed E-state index contributed by atoms with van der Waals surface area (Å²) in [5, 5.41) is 12.1. The first kappa shape index (κ1) is 18.2. The van der Waals surface area contributed by atoms with Crippen molar-refractivity contribution in [2.24, 2.45) is 5.92 Å². The molecule has 0 radical (unpaired) electrons. The minimum atomic E-state index is -0.0830. The van der Waals surface area contributed by atoms with Gasteiger partial charge in [0.05, 0.1) is 6.61 Å². The fourth-order valence-electron chi connectivity index (χ4n) is 3.64. The van der Waals surface area contributed by atoms with Crippen LogP contribution >= 0.6 is 12.4 Å². The fraction of sp³-hybridized carbons (Fsp3) is 0.611. The largest absolute Gasteiger partial charge is 0.396 e. The molecule has 1 aromatic carbocycles. The maximum Gasteiger partial charge on any atom is 0.222 e. The highest BCUT2D eigenvalue weighted by molar-refractivity contribution is 5.85. The number of halogens is 1. The predicted octanol–water partition coefficient (Wildman–Crippen LogP) is 2.17. The third kappa shape index (κ3) is 4.69. The number of nitrogens with one attached hydrogen (secondary N) is 1. The van der Waals surface area contributed by atoms with Crippen LogP contribution in [0, 0.1) is 5.92 Å². The minimum absolute atomic E-state index is 0. The van der Waals surface area contributed by atoms with Gasteiger partial charge in [-0.15, -0.1) is 12.4 Å². The van der Waals surface area contributed by atoms with Crippen LogP contribution in [0.5, 0.6) is 0 Å². The Morgan fingerprint density at radius 3 is 2.57 bits per heavy atom. The molecule has 0 aromatic heterocycles. The van der Waals surface area contributed by atoms with E-state index in [-0.39, 0.29) is 37.4 Å². The molecule has 2 aliphatic rings. The van der Waals surface area contributed by atoms with E-state index >= 15 is 0 Å². The molecule has 1 aliphatic carbocycles. The molecule has 2 N–H and O–H groups in total. The summed E-state index contributed by atoms with van der Waals surface area (Å²) in [5.41, 5.74) is 1.30. The SMILES string of the molecule is Cl.O=C(CCO)N[C@H]1CN(CC2CCC2)C[C@@H]1c1ccccc1. The average molecular weight is 339 g/mol. The standard InChI is InChI=1S/C18H26N2O2.ClH/c21-10-9-18(22)19-17-13-20(11-14-5-4-6-14)12-16(17)15-7-2-1-3-8-15;/h1-3,7-8,14,16-17,21H,4-6,9-13H2,(H,19,22);1H/t16-,17+;/m1./s1. The van der Waals surface area contributed by atoms with Gasteiger partial charge in [0, 0.05) is 38.0 Å².